The number of ketones is 1. The lowest BCUT2D eigenvalue weighted by Gasteiger charge is -2.19. The Balaban J connectivity index is 1.80. The molecule has 4 nitrogen and oxygen atoms in total. The molecule has 0 fully saturated rings. The van der Waals surface area contributed by atoms with Crippen LogP contribution >= 0.6 is 0 Å². The van der Waals surface area contributed by atoms with Crippen molar-refractivity contribution < 1.29 is 4.79 Å². The van der Waals surface area contributed by atoms with E-state index in [1.807, 2.05) is 19.2 Å². The number of hydrogen-bond acceptors (Lipinski definition) is 3. The number of carbonyl (C=O) groups excluding carboxylic acids is 1. The quantitative estimate of drug-likeness (QED) is 0.812. The minimum absolute atomic E-state index is 0.0775. The van der Waals surface area contributed by atoms with E-state index in [9.17, 15) is 4.79 Å². The Morgan fingerprint density at radius 3 is 2.96 bits per heavy atom. The maximum Gasteiger partial charge on any atom is 0.165 e. The molecule has 4 rings (SSSR count). The third-order valence-corrected chi connectivity index (χ3v) is 5.71. The molecule has 136 valence electrons. The number of aromatic nitrogens is 1. The summed E-state index contributed by atoms with van der Waals surface area (Å²) in [6, 6.07) is 6.29. The summed E-state index contributed by atoms with van der Waals surface area (Å²) in [5.74, 6) is 0.331. The van der Waals surface area contributed by atoms with Crippen molar-refractivity contribution >= 4 is 16.7 Å². The summed E-state index contributed by atoms with van der Waals surface area (Å²) in [5, 5.41) is 8.03. The van der Waals surface area contributed by atoms with Crippen LogP contribution in [0.2, 0.25) is 0 Å². The molecule has 1 unspecified atom stereocenters. The number of benzene rings is 1. The first-order valence-corrected chi connectivity index (χ1v) is 9.66. The summed E-state index contributed by atoms with van der Waals surface area (Å²) < 4.78 is 2.45. The topological polar surface area (TPSA) is 46.1 Å². The van der Waals surface area contributed by atoms with E-state index < -0.39 is 0 Å². The number of rotatable bonds is 5. The molecule has 0 radical (unpaired) electrons. The van der Waals surface area contributed by atoms with Gasteiger partial charge in [-0.3, -0.25) is 4.79 Å². The number of nitrogens with one attached hydrogen (secondary N) is 2. The summed E-state index contributed by atoms with van der Waals surface area (Å²) in [6.45, 7) is 7.79. The Morgan fingerprint density at radius 2 is 2.19 bits per heavy atom. The van der Waals surface area contributed by atoms with Crippen LogP contribution in [-0.4, -0.2) is 23.4 Å². The van der Waals surface area contributed by atoms with E-state index in [0.717, 1.165) is 44.6 Å². The zero-order valence-electron chi connectivity index (χ0n) is 15.6. The minimum atomic E-state index is 0.0775. The molecule has 0 saturated heterocycles. The molecule has 2 aliphatic heterocycles. The standard InChI is InChI=1S/C22H27N3O/c1-3-15(2)22(26)17-6-7-20-18(11-17)19-13-24-10-8-21(19)25(20)14-16-5-4-9-23-12-16/h4-7,9,11,15,23-24H,3,8,10,12-14H2,1-2H3. The summed E-state index contributed by atoms with van der Waals surface area (Å²) in [4.78, 5) is 12.7. The molecule has 0 amide bonds. The monoisotopic (exact) mass is 349 g/mol. The Bertz CT molecular complexity index is 904. The Morgan fingerprint density at radius 1 is 1.31 bits per heavy atom. The van der Waals surface area contributed by atoms with Crippen molar-refractivity contribution in [1.29, 1.82) is 0 Å². The molecule has 4 heteroatoms. The maximum atomic E-state index is 12.7. The molecule has 2 N–H and O–H groups in total. The third kappa shape index (κ3) is 2.99. The van der Waals surface area contributed by atoms with Crippen molar-refractivity contribution in [3.8, 4) is 0 Å². The average Bonchev–Trinajstić information content (AvgIpc) is 3.01. The van der Waals surface area contributed by atoms with Crippen molar-refractivity contribution in [1.82, 2.24) is 15.2 Å². The zero-order chi connectivity index (χ0) is 18.1. The first-order chi connectivity index (χ1) is 12.7. The molecule has 26 heavy (non-hydrogen) atoms. The van der Waals surface area contributed by atoms with Crippen LogP contribution in [-0.2, 0) is 19.5 Å². The van der Waals surface area contributed by atoms with Gasteiger partial charge in [-0.25, -0.2) is 0 Å². The molecule has 1 aromatic carbocycles. The van der Waals surface area contributed by atoms with Gasteiger partial charge >= 0.3 is 0 Å². The second-order valence-corrected chi connectivity index (χ2v) is 7.41. The Labute approximate surface area is 155 Å². The van der Waals surface area contributed by atoms with Gasteiger partial charge in [0.15, 0.2) is 5.78 Å². The highest BCUT2D eigenvalue weighted by Crippen LogP contribution is 2.31. The number of hydrogen-bond donors (Lipinski definition) is 2. The third-order valence-electron chi connectivity index (χ3n) is 5.71. The highest BCUT2D eigenvalue weighted by atomic mass is 16.1. The largest absolute Gasteiger partial charge is 0.387 e. The van der Waals surface area contributed by atoms with Crippen LogP contribution in [0.25, 0.3) is 10.9 Å². The smallest absolute Gasteiger partial charge is 0.165 e. The predicted molar refractivity (Wildman–Crippen MR) is 106 cm³/mol. The van der Waals surface area contributed by atoms with Gasteiger partial charge in [0.05, 0.1) is 0 Å². The van der Waals surface area contributed by atoms with Crippen LogP contribution in [0, 0.1) is 5.92 Å². The first-order valence-electron chi connectivity index (χ1n) is 9.66. The van der Waals surface area contributed by atoms with Crippen LogP contribution in [0.3, 0.4) is 0 Å². The van der Waals surface area contributed by atoms with Crippen LogP contribution in [0.15, 0.2) is 42.1 Å². The van der Waals surface area contributed by atoms with Gasteiger partial charge in [0.25, 0.3) is 0 Å². The number of allylic oxidation sites excluding steroid dienone is 2. The number of nitrogens with zero attached hydrogens (tertiary/aromatic N) is 1. The van der Waals surface area contributed by atoms with E-state index in [1.165, 1.54) is 27.7 Å². The summed E-state index contributed by atoms with van der Waals surface area (Å²) >= 11 is 0. The van der Waals surface area contributed by atoms with Gasteiger partial charge in [-0.15, -0.1) is 0 Å². The fourth-order valence-corrected chi connectivity index (χ4v) is 4.00. The molecule has 0 bridgehead atoms. The van der Waals surface area contributed by atoms with Crippen LogP contribution in [0.5, 0.6) is 0 Å². The van der Waals surface area contributed by atoms with Crippen molar-refractivity contribution in [2.24, 2.45) is 5.92 Å². The Kier molecular flexibility index (Phi) is 4.68. The van der Waals surface area contributed by atoms with Crippen molar-refractivity contribution in [3.05, 3.63) is 58.9 Å². The van der Waals surface area contributed by atoms with Gasteiger partial charge in [0, 0.05) is 60.7 Å². The fraction of sp³-hybridized carbons (Fsp3) is 0.409. The number of carbonyl (C=O) groups is 1. The molecular weight excluding hydrogens is 322 g/mol. The molecular formula is C22H27N3O. The van der Waals surface area contributed by atoms with Gasteiger partial charge in [0.1, 0.15) is 0 Å². The van der Waals surface area contributed by atoms with Gasteiger partial charge in [-0.05, 0) is 48.0 Å². The molecule has 0 aliphatic carbocycles. The maximum absolute atomic E-state index is 12.7. The molecule has 2 aromatic rings. The van der Waals surface area contributed by atoms with Gasteiger partial charge in [-0.2, -0.15) is 0 Å². The first kappa shape index (κ1) is 17.1. The SMILES string of the molecule is CCC(C)C(=O)c1ccc2c(c1)c1c(n2CC2=CC=CNC2)CCNC1. The van der Waals surface area contributed by atoms with Crippen molar-refractivity contribution in [3.63, 3.8) is 0 Å². The lowest BCUT2D eigenvalue weighted by atomic mass is 9.95. The van der Waals surface area contributed by atoms with E-state index in [-0.39, 0.29) is 11.7 Å². The van der Waals surface area contributed by atoms with Crippen LogP contribution in [0.1, 0.15) is 41.9 Å². The van der Waals surface area contributed by atoms with Crippen molar-refractivity contribution in [2.75, 3.05) is 13.1 Å². The number of fused-ring (bicyclic) bond motifs is 3. The van der Waals surface area contributed by atoms with E-state index in [0.29, 0.717) is 0 Å². The van der Waals surface area contributed by atoms with E-state index in [2.05, 4.69) is 46.4 Å². The van der Waals surface area contributed by atoms with E-state index >= 15 is 0 Å². The predicted octanol–water partition coefficient (Wildman–Crippen LogP) is 3.56. The molecule has 2 aliphatic rings. The second-order valence-electron chi connectivity index (χ2n) is 7.41. The highest BCUT2D eigenvalue weighted by Gasteiger charge is 2.22. The van der Waals surface area contributed by atoms with Gasteiger partial charge < -0.3 is 15.2 Å². The van der Waals surface area contributed by atoms with Crippen LogP contribution in [0.4, 0.5) is 0 Å². The summed E-state index contributed by atoms with van der Waals surface area (Å²) in [5.41, 5.74) is 6.26. The van der Waals surface area contributed by atoms with Gasteiger partial charge in [0.2, 0.25) is 0 Å². The zero-order valence-corrected chi connectivity index (χ0v) is 15.6. The van der Waals surface area contributed by atoms with Crippen LogP contribution < -0.4 is 10.6 Å². The number of Topliss-reactive ketones (excluding diaryl/α,β-unsaturated/α-hetero) is 1. The highest BCUT2D eigenvalue weighted by molar-refractivity contribution is 6.01. The molecule has 0 spiro atoms. The molecule has 3 heterocycles. The fourth-order valence-electron chi connectivity index (χ4n) is 4.00. The molecule has 1 aromatic heterocycles. The lowest BCUT2D eigenvalue weighted by molar-refractivity contribution is 0.0927. The normalized spacial score (nSPS) is 17.5. The van der Waals surface area contributed by atoms with E-state index in [1.54, 1.807) is 0 Å². The summed E-state index contributed by atoms with van der Waals surface area (Å²) in [6.07, 6.45) is 8.18. The Hall–Kier alpha value is -2.33. The van der Waals surface area contributed by atoms with E-state index in [4.69, 9.17) is 0 Å². The minimum Gasteiger partial charge on any atom is -0.387 e. The number of dihydropyridines is 1. The second kappa shape index (κ2) is 7.12. The lowest BCUT2D eigenvalue weighted by Crippen LogP contribution is -2.25. The summed E-state index contributed by atoms with van der Waals surface area (Å²) in [7, 11) is 0. The van der Waals surface area contributed by atoms with Gasteiger partial charge in [-0.1, -0.05) is 19.9 Å². The average molecular weight is 349 g/mol. The molecule has 0 saturated carbocycles. The molecule has 1 atom stereocenters. The van der Waals surface area contributed by atoms with Crippen molar-refractivity contribution in [2.45, 2.75) is 39.8 Å².